The molecule has 43 heavy (non-hydrogen) atoms. The lowest BCUT2D eigenvalue weighted by Gasteiger charge is -2.37. The number of allylic oxidation sites excluding steroid dienone is 1. The first-order chi connectivity index (χ1) is 20.9. The molecular formula is C32H34ClN7O3. The topological polar surface area (TPSA) is 98.1 Å². The summed E-state index contributed by atoms with van der Waals surface area (Å²) in [6.45, 7) is 6.86. The summed E-state index contributed by atoms with van der Waals surface area (Å²) in [4.78, 5) is 30.4. The van der Waals surface area contributed by atoms with Gasteiger partial charge in [-0.1, -0.05) is 42.4 Å². The van der Waals surface area contributed by atoms with E-state index in [1.165, 1.54) is 6.08 Å². The summed E-state index contributed by atoms with van der Waals surface area (Å²) in [5.41, 5.74) is 3.56. The van der Waals surface area contributed by atoms with Crippen molar-refractivity contribution in [1.82, 2.24) is 19.8 Å². The number of hydrogen-bond acceptors (Lipinski definition) is 9. The highest BCUT2D eigenvalue weighted by molar-refractivity contribution is 6.36. The van der Waals surface area contributed by atoms with Gasteiger partial charge in [0.1, 0.15) is 11.9 Å². The summed E-state index contributed by atoms with van der Waals surface area (Å²) in [6, 6.07) is 14.7. The molecule has 0 bridgehead atoms. The monoisotopic (exact) mass is 599 g/mol. The third-order valence-corrected chi connectivity index (χ3v) is 8.62. The van der Waals surface area contributed by atoms with Gasteiger partial charge in [-0.15, -0.1) is 0 Å². The number of rotatable bonds is 7. The van der Waals surface area contributed by atoms with Gasteiger partial charge in [-0.3, -0.25) is 4.79 Å². The predicted octanol–water partition coefficient (Wildman–Crippen LogP) is 4.14. The summed E-state index contributed by atoms with van der Waals surface area (Å²) < 4.78 is 12.2. The fraction of sp³-hybridized carbons (Fsp3) is 0.375. The number of halogens is 1. The summed E-state index contributed by atoms with van der Waals surface area (Å²) in [7, 11) is 4.02. The van der Waals surface area contributed by atoms with Gasteiger partial charge in [-0.25, -0.2) is 0 Å². The minimum Gasteiger partial charge on any atom is -0.456 e. The molecule has 10 nitrogen and oxygen atoms in total. The number of carbonyl (C=O) groups is 1. The number of fused-ring (bicyclic) bond motifs is 2. The number of nitriles is 1. The second-order valence-corrected chi connectivity index (χ2v) is 11.5. The van der Waals surface area contributed by atoms with E-state index in [9.17, 15) is 10.1 Å². The zero-order chi connectivity index (χ0) is 30.1. The van der Waals surface area contributed by atoms with Crippen LogP contribution in [0.3, 0.4) is 0 Å². The number of nitrogens with zero attached hydrogens (tertiary/aromatic N) is 7. The first kappa shape index (κ1) is 28.9. The van der Waals surface area contributed by atoms with Crippen LogP contribution in [-0.4, -0.2) is 84.8 Å². The Morgan fingerprint density at radius 3 is 2.79 bits per heavy atom. The molecular weight excluding hydrogens is 566 g/mol. The molecule has 3 aliphatic heterocycles. The molecule has 0 saturated carbocycles. The second-order valence-electron chi connectivity index (χ2n) is 11.1. The summed E-state index contributed by atoms with van der Waals surface area (Å²) in [5.74, 6) is 0.507. The minimum absolute atomic E-state index is 0.0768. The van der Waals surface area contributed by atoms with Crippen molar-refractivity contribution in [2.24, 2.45) is 0 Å². The lowest BCUT2D eigenvalue weighted by molar-refractivity contribution is -0.124. The van der Waals surface area contributed by atoms with Crippen LogP contribution in [0, 0.1) is 11.3 Å². The zero-order valence-electron chi connectivity index (χ0n) is 24.4. The van der Waals surface area contributed by atoms with Gasteiger partial charge in [-0.05, 0) is 44.1 Å². The van der Waals surface area contributed by atoms with Crippen molar-refractivity contribution in [3.8, 4) is 12.1 Å². The molecule has 2 atom stereocenters. The van der Waals surface area contributed by atoms with Crippen molar-refractivity contribution in [3.05, 3.63) is 77.2 Å². The molecule has 2 aromatic carbocycles. The van der Waals surface area contributed by atoms with E-state index in [0.717, 1.165) is 40.1 Å². The van der Waals surface area contributed by atoms with Crippen molar-refractivity contribution >= 4 is 39.8 Å². The highest BCUT2D eigenvalue weighted by Crippen LogP contribution is 2.37. The molecule has 222 valence electrons. The predicted molar refractivity (Wildman–Crippen MR) is 166 cm³/mol. The van der Waals surface area contributed by atoms with Gasteiger partial charge in [0.15, 0.2) is 0 Å². The summed E-state index contributed by atoms with van der Waals surface area (Å²) >= 11 is 6.69. The minimum atomic E-state index is -0.227. The van der Waals surface area contributed by atoms with Crippen molar-refractivity contribution < 1.29 is 14.3 Å². The van der Waals surface area contributed by atoms with Gasteiger partial charge in [0.25, 0.3) is 0 Å². The Kier molecular flexibility index (Phi) is 8.21. The van der Waals surface area contributed by atoms with E-state index >= 15 is 0 Å². The third-order valence-electron chi connectivity index (χ3n) is 8.30. The highest BCUT2D eigenvalue weighted by atomic mass is 35.5. The van der Waals surface area contributed by atoms with E-state index in [0.29, 0.717) is 50.0 Å². The van der Waals surface area contributed by atoms with E-state index in [1.807, 2.05) is 37.3 Å². The van der Waals surface area contributed by atoms with E-state index in [1.54, 1.807) is 4.90 Å². The molecule has 0 N–H and O–H groups in total. The molecule has 0 radical (unpaired) electrons. The Morgan fingerprint density at radius 1 is 1.21 bits per heavy atom. The maximum atomic E-state index is 12.5. The number of ether oxygens (including phenoxy) is 2. The standard InChI is InChI=1S/C32H34ClN7O3/c1-4-29(41)40-16-15-39(17-22(40)11-13-34)31-23-12-14-38(26-10-6-8-21-7-5-9-24(33)30(21)26)18-25(23)35-32(36-31)43-28-20-42-19-27(28)37(2)3/h4-10,17,27-28H,1,11-12,14-16,18-20H2,2-3H3/t27-,28-/m1/s1. The van der Waals surface area contributed by atoms with Crippen LogP contribution in [0.1, 0.15) is 17.7 Å². The molecule has 1 fully saturated rings. The van der Waals surface area contributed by atoms with Crippen LogP contribution < -0.4 is 14.5 Å². The number of hydrogen-bond donors (Lipinski definition) is 0. The van der Waals surface area contributed by atoms with E-state index in [4.69, 9.17) is 31.0 Å². The van der Waals surface area contributed by atoms with Crippen LogP contribution in [0.4, 0.5) is 11.5 Å². The lowest BCUT2D eigenvalue weighted by Crippen LogP contribution is -2.43. The fourth-order valence-corrected chi connectivity index (χ4v) is 6.37. The van der Waals surface area contributed by atoms with Crippen LogP contribution in [0.2, 0.25) is 5.02 Å². The average Bonchev–Trinajstić information content (AvgIpc) is 3.48. The summed E-state index contributed by atoms with van der Waals surface area (Å²) in [5, 5.41) is 12.3. The SMILES string of the molecule is C=CC(=O)N1CCN(c2nc(O[C@@H]3COC[C@H]3N(C)C)nc3c2CCN(c2cccc4cccc(Cl)c24)C3)C=C1CC#N. The van der Waals surface area contributed by atoms with Crippen molar-refractivity contribution in [3.63, 3.8) is 0 Å². The maximum Gasteiger partial charge on any atom is 0.319 e. The average molecular weight is 600 g/mol. The smallest absolute Gasteiger partial charge is 0.319 e. The normalized spacial score (nSPS) is 20.2. The van der Waals surface area contributed by atoms with Gasteiger partial charge >= 0.3 is 6.01 Å². The highest BCUT2D eigenvalue weighted by Gasteiger charge is 2.34. The molecule has 6 rings (SSSR count). The molecule has 1 aromatic heterocycles. The Hall–Kier alpha value is -4.17. The van der Waals surface area contributed by atoms with Crippen LogP contribution in [0.15, 0.2) is 61.0 Å². The van der Waals surface area contributed by atoms with Crippen molar-refractivity contribution in [2.75, 3.05) is 56.7 Å². The Labute approximate surface area is 256 Å². The van der Waals surface area contributed by atoms with Gasteiger partial charge < -0.3 is 29.1 Å². The van der Waals surface area contributed by atoms with E-state index < -0.39 is 0 Å². The first-order valence-electron chi connectivity index (χ1n) is 14.4. The van der Waals surface area contributed by atoms with Gasteiger partial charge in [-0.2, -0.15) is 15.2 Å². The second kappa shape index (κ2) is 12.2. The molecule has 4 heterocycles. The van der Waals surface area contributed by atoms with Crippen molar-refractivity contribution in [1.29, 1.82) is 5.26 Å². The molecule has 3 aromatic rings. The maximum absolute atomic E-state index is 12.5. The lowest BCUT2D eigenvalue weighted by atomic mass is 10.0. The number of carbonyl (C=O) groups excluding carboxylic acids is 1. The van der Waals surface area contributed by atoms with Crippen LogP contribution in [-0.2, 0) is 22.5 Å². The van der Waals surface area contributed by atoms with E-state index in [-0.39, 0.29) is 30.5 Å². The van der Waals surface area contributed by atoms with Crippen LogP contribution in [0.5, 0.6) is 6.01 Å². The third kappa shape index (κ3) is 5.64. The number of anilines is 2. The van der Waals surface area contributed by atoms with E-state index in [2.05, 4.69) is 46.7 Å². The van der Waals surface area contributed by atoms with Gasteiger partial charge in [0, 0.05) is 42.5 Å². The molecule has 0 unspecified atom stereocenters. The largest absolute Gasteiger partial charge is 0.456 e. The first-order valence-corrected chi connectivity index (χ1v) is 14.8. The number of benzene rings is 2. The molecule has 0 aliphatic carbocycles. The number of aromatic nitrogens is 2. The molecule has 0 spiro atoms. The van der Waals surface area contributed by atoms with Crippen LogP contribution in [0.25, 0.3) is 10.8 Å². The Morgan fingerprint density at radius 2 is 2.02 bits per heavy atom. The number of likely N-dealkylation sites (N-methyl/N-ethyl adjacent to an activating group) is 1. The molecule has 1 saturated heterocycles. The van der Waals surface area contributed by atoms with Crippen molar-refractivity contribution in [2.45, 2.75) is 31.5 Å². The van der Waals surface area contributed by atoms with Gasteiger partial charge in [0.2, 0.25) is 5.91 Å². The quantitative estimate of drug-likeness (QED) is 0.371. The molecule has 11 heteroatoms. The zero-order valence-corrected chi connectivity index (χ0v) is 25.1. The van der Waals surface area contributed by atoms with Gasteiger partial charge in [0.05, 0.1) is 54.7 Å². The Bertz CT molecular complexity index is 1630. The summed E-state index contributed by atoms with van der Waals surface area (Å²) in [6.07, 6.45) is 3.69. The fourth-order valence-electron chi connectivity index (χ4n) is 6.09. The Balaban J connectivity index is 1.41. The molecule has 1 amide bonds. The number of amides is 1. The molecule has 3 aliphatic rings. The van der Waals surface area contributed by atoms with Crippen LogP contribution >= 0.6 is 11.6 Å².